The van der Waals surface area contributed by atoms with Crippen molar-refractivity contribution < 1.29 is 44.4 Å². The summed E-state index contributed by atoms with van der Waals surface area (Å²) in [7, 11) is 0. The Morgan fingerprint density at radius 1 is 0.754 bits per heavy atom. The number of hydrogen-bond acceptors (Lipinski definition) is 10. The molecule has 3 aromatic carbocycles. The van der Waals surface area contributed by atoms with Gasteiger partial charge < -0.3 is 57.3 Å². The van der Waals surface area contributed by atoms with Crippen LogP contribution in [0.1, 0.15) is 30.0 Å². The summed E-state index contributed by atoms with van der Waals surface area (Å²) < 4.78 is 0. The molecule has 304 valence electrons. The Labute approximate surface area is 329 Å². The van der Waals surface area contributed by atoms with Crippen molar-refractivity contribution in [2.45, 2.75) is 81.1 Å². The zero-order valence-corrected chi connectivity index (χ0v) is 31.6. The van der Waals surface area contributed by atoms with Crippen LogP contribution in [0, 0.1) is 0 Å². The summed E-state index contributed by atoms with van der Waals surface area (Å²) in [6.45, 7) is -0.148. The molecule has 57 heavy (non-hydrogen) atoms. The van der Waals surface area contributed by atoms with E-state index >= 15 is 0 Å². The standard InChI is InChI=1S/C41H51N7O9/c1-24(50)45-34(37(53)38(54)35(51)23-49)22-43-31-19-36(52)47-33(18-27-20-42-30-15-9-8-14-29(27)30)41(57)48-32(17-26-12-6-3-7-13-26)40(56)46-28(21-44-39(31)55)16-25-10-4-2-5-11-25/h2-15,20,28,31-35,37-38,42-43,49,51,53-54H,16-19,21-23H2,1H3,(H,44,55)(H,45,50)(H,46,56)(H,47,52)(H,48,57)/t28-,31-,32+,33+,34+,35-,37-,38-/m1/s1. The normalized spacial score (nSPS) is 21.8. The van der Waals surface area contributed by atoms with Crippen molar-refractivity contribution in [2.24, 2.45) is 0 Å². The van der Waals surface area contributed by atoms with Crippen molar-refractivity contribution in [1.29, 1.82) is 0 Å². The summed E-state index contributed by atoms with van der Waals surface area (Å²) in [4.78, 5) is 71.4. The lowest BCUT2D eigenvalue weighted by molar-refractivity contribution is -0.133. The summed E-state index contributed by atoms with van der Waals surface area (Å²) in [6, 6.07) is 20.4. The summed E-state index contributed by atoms with van der Waals surface area (Å²) >= 11 is 0. The lowest BCUT2D eigenvalue weighted by Gasteiger charge is -2.31. The van der Waals surface area contributed by atoms with E-state index in [4.69, 9.17) is 0 Å². The van der Waals surface area contributed by atoms with Crippen molar-refractivity contribution in [3.63, 3.8) is 0 Å². The molecule has 8 atom stereocenters. The van der Waals surface area contributed by atoms with Crippen LogP contribution in [0.15, 0.2) is 91.1 Å². The highest BCUT2D eigenvalue weighted by Gasteiger charge is 2.35. The minimum absolute atomic E-state index is 0.0318. The van der Waals surface area contributed by atoms with Gasteiger partial charge in [0.05, 0.1) is 31.2 Å². The Kier molecular flexibility index (Phi) is 15.3. The van der Waals surface area contributed by atoms with Gasteiger partial charge in [-0.05, 0) is 29.2 Å². The van der Waals surface area contributed by atoms with Crippen LogP contribution in [0.25, 0.3) is 10.9 Å². The second kappa shape index (κ2) is 20.5. The van der Waals surface area contributed by atoms with Gasteiger partial charge in [-0.25, -0.2) is 0 Å². The fraction of sp³-hybridized carbons (Fsp3) is 0.390. The molecule has 1 aliphatic rings. The monoisotopic (exact) mass is 785 g/mol. The van der Waals surface area contributed by atoms with E-state index in [0.29, 0.717) is 6.42 Å². The number of H-pyrrole nitrogens is 1. The van der Waals surface area contributed by atoms with Gasteiger partial charge in [0.15, 0.2) is 0 Å². The molecule has 0 unspecified atom stereocenters. The molecule has 0 bridgehead atoms. The van der Waals surface area contributed by atoms with Crippen molar-refractivity contribution in [3.05, 3.63) is 108 Å². The van der Waals surface area contributed by atoms with E-state index in [1.807, 2.05) is 84.9 Å². The van der Waals surface area contributed by atoms with Gasteiger partial charge >= 0.3 is 0 Å². The number of hydrogen-bond donors (Lipinski definition) is 11. The Balaban J connectivity index is 1.47. The molecule has 0 radical (unpaired) electrons. The summed E-state index contributed by atoms with van der Waals surface area (Å²) in [5.74, 6) is -3.09. The molecule has 2 heterocycles. The van der Waals surface area contributed by atoms with E-state index in [1.165, 1.54) is 6.92 Å². The average molecular weight is 786 g/mol. The number of carbonyl (C=O) groups is 5. The van der Waals surface area contributed by atoms with Crippen LogP contribution in [-0.4, -0.2) is 123 Å². The average Bonchev–Trinajstić information content (AvgIpc) is 3.62. The van der Waals surface area contributed by atoms with E-state index in [-0.39, 0.29) is 25.9 Å². The highest BCUT2D eigenvalue weighted by Crippen LogP contribution is 2.20. The van der Waals surface area contributed by atoms with Crippen LogP contribution < -0.4 is 31.9 Å². The highest BCUT2D eigenvalue weighted by molar-refractivity contribution is 5.95. The number of aromatic nitrogens is 1. The number of nitrogens with one attached hydrogen (secondary N) is 7. The number of aliphatic hydroxyl groups is 4. The van der Waals surface area contributed by atoms with Gasteiger partial charge in [0.25, 0.3) is 0 Å². The van der Waals surface area contributed by atoms with E-state index in [9.17, 15) is 44.4 Å². The topological polar surface area (TPSA) is 254 Å². The molecule has 16 nitrogen and oxygen atoms in total. The molecule has 0 aliphatic carbocycles. The first-order chi connectivity index (χ1) is 27.4. The molecular weight excluding hydrogens is 734 g/mol. The molecule has 1 saturated heterocycles. The zero-order valence-electron chi connectivity index (χ0n) is 31.6. The van der Waals surface area contributed by atoms with Crippen LogP contribution in [-0.2, 0) is 43.2 Å². The third-order valence-corrected chi connectivity index (χ3v) is 9.88. The zero-order chi connectivity index (χ0) is 40.9. The first-order valence-corrected chi connectivity index (χ1v) is 18.9. The molecule has 1 aliphatic heterocycles. The number of rotatable bonds is 14. The lowest BCUT2D eigenvalue weighted by atomic mass is 9.99. The van der Waals surface area contributed by atoms with Gasteiger partial charge in [-0.2, -0.15) is 0 Å². The third kappa shape index (κ3) is 12.2. The van der Waals surface area contributed by atoms with Gasteiger partial charge in [0, 0.05) is 50.0 Å². The second-order valence-electron chi connectivity index (χ2n) is 14.3. The van der Waals surface area contributed by atoms with Crippen molar-refractivity contribution in [3.8, 4) is 0 Å². The number of aromatic amines is 1. The molecule has 5 amide bonds. The molecule has 4 aromatic rings. The molecule has 1 aromatic heterocycles. The molecule has 16 heteroatoms. The molecule has 5 rings (SSSR count). The number of carbonyl (C=O) groups excluding carboxylic acids is 5. The maximum atomic E-state index is 14.3. The lowest BCUT2D eigenvalue weighted by Crippen LogP contribution is -2.60. The molecule has 11 N–H and O–H groups in total. The Morgan fingerprint density at radius 2 is 1.37 bits per heavy atom. The second-order valence-corrected chi connectivity index (χ2v) is 14.3. The molecule has 0 spiro atoms. The number of amides is 5. The Hall–Kier alpha value is -5.65. The van der Waals surface area contributed by atoms with E-state index in [2.05, 4.69) is 36.9 Å². The van der Waals surface area contributed by atoms with Crippen LogP contribution in [0.4, 0.5) is 0 Å². The first-order valence-electron chi connectivity index (χ1n) is 18.9. The van der Waals surface area contributed by atoms with Crippen molar-refractivity contribution >= 4 is 40.4 Å². The number of benzene rings is 3. The molecular formula is C41H51N7O9. The number of fused-ring (bicyclic) bond motifs is 1. The predicted molar refractivity (Wildman–Crippen MR) is 210 cm³/mol. The fourth-order valence-corrected chi connectivity index (χ4v) is 6.84. The predicted octanol–water partition coefficient (Wildman–Crippen LogP) is -1.29. The van der Waals surface area contributed by atoms with Gasteiger partial charge in [0.1, 0.15) is 30.4 Å². The van der Waals surface area contributed by atoms with Crippen LogP contribution in [0.3, 0.4) is 0 Å². The molecule has 0 saturated carbocycles. The quantitative estimate of drug-likeness (QED) is 0.0722. The molecule has 1 fully saturated rings. The van der Waals surface area contributed by atoms with Crippen LogP contribution in [0.2, 0.25) is 0 Å². The van der Waals surface area contributed by atoms with E-state index < -0.39 is 91.1 Å². The Bertz CT molecular complexity index is 1960. The fourth-order valence-electron chi connectivity index (χ4n) is 6.84. The summed E-state index contributed by atoms with van der Waals surface area (Å²) in [5, 5.41) is 58.2. The van der Waals surface area contributed by atoms with Crippen molar-refractivity contribution in [2.75, 3.05) is 19.7 Å². The number of aliphatic hydroxyl groups excluding tert-OH is 4. The third-order valence-electron chi connectivity index (χ3n) is 9.88. The largest absolute Gasteiger partial charge is 0.394 e. The first kappa shape index (κ1) is 42.5. The van der Waals surface area contributed by atoms with Gasteiger partial charge in [0.2, 0.25) is 29.5 Å². The van der Waals surface area contributed by atoms with Gasteiger partial charge in [-0.15, -0.1) is 0 Å². The maximum Gasteiger partial charge on any atom is 0.243 e. The number of para-hydroxylation sites is 1. The maximum absolute atomic E-state index is 14.3. The van der Waals surface area contributed by atoms with Crippen LogP contribution >= 0.6 is 0 Å². The van der Waals surface area contributed by atoms with E-state index in [1.54, 1.807) is 6.20 Å². The minimum atomic E-state index is -1.87. The van der Waals surface area contributed by atoms with Gasteiger partial charge in [-0.3, -0.25) is 24.0 Å². The Morgan fingerprint density at radius 3 is 2.04 bits per heavy atom. The van der Waals surface area contributed by atoms with E-state index in [0.717, 1.165) is 27.6 Å². The summed E-state index contributed by atoms with van der Waals surface area (Å²) in [6.07, 6.45) is -3.67. The van der Waals surface area contributed by atoms with Gasteiger partial charge in [-0.1, -0.05) is 78.9 Å². The SMILES string of the molecule is CC(=O)N[C@@H](CN[C@@H]1CC(=O)N[C@@H](Cc2c[nH]c3ccccc23)C(=O)N[C@@H](Cc2ccccc2)C(=O)N[C@H](Cc2ccccc2)CNC1=O)[C@@H](O)[C@H](O)[C@H](O)CO. The van der Waals surface area contributed by atoms with Crippen LogP contribution in [0.5, 0.6) is 0 Å². The van der Waals surface area contributed by atoms with Crippen molar-refractivity contribution in [1.82, 2.24) is 36.9 Å². The highest BCUT2D eigenvalue weighted by atomic mass is 16.4. The smallest absolute Gasteiger partial charge is 0.243 e. The summed E-state index contributed by atoms with van der Waals surface area (Å²) in [5.41, 5.74) is 3.20. The minimum Gasteiger partial charge on any atom is -0.394 e.